The highest BCUT2D eigenvalue weighted by molar-refractivity contribution is 7.18. The van der Waals surface area contributed by atoms with Gasteiger partial charge in [0.2, 0.25) is 0 Å². The number of aliphatic hydroxyl groups is 1. The van der Waals surface area contributed by atoms with E-state index in [1.54, 1.807) is 16.8 Å². The Hall–Kier alpha value is -1.22. The molecule has 22 heavy (non-hydrogen) atoms. The van der Waals surface area contributed by atoms with Crippen LogP contribution in [0, 0.1) is 0 Å². The lowest BCUT2D eigenvalue weighted by Crippen LogP contribution is -2.28. The van der Waals surface area contributed by atoms with E-state index in [9.17, 15) is 14.3 Å². The van der Waals surface area contributed by atoms with Crippen LogP contribution in [0.1, 0.15) is 11.3 Å². The topological polar surface area (TPSA) is 57.8 Å². The highest BCUT2D eigenvalue weighted by Gasteiger charge is 2.25. The Morgan fingerprint density at radius 3 is 2.91 bits per heavy atom. The molecule has 1 saturated heterocycles. The lowest BCUT2D eigenvalue weighted by Gasteiger charge is -2.10. The van der Waals surface area contributed by atoms with Gasteiger partial charge in [-0.05, 0) is 18.6 Å². The van der Waals surface area contributed by atoms with Gasteiger partial charge in [0.25, 0.3) is 0 Å². The Morgan fingerprint density at radius 2 is 2.32 bits per heavy atom. The van der Waals surface area contributed by atoms with Crippen molar-refractivity contribution in [1.82, 2.24) is 9.47 Å². The summed E-state index contributed by atoms with van der Waals surface area (Å²) in [5.74, 6) is 0. The molecule has 1 N–H and O–H groups in total. The van der Waals surface area contributed by atoms with Crippen LogP contribution in [-0.2, 0) is 6.61 Å². The van der Waals surface area contributed by atoms with Crippen molar-refractivity contribution < 1.29 is 14.3 Å². The molecule has 3 heterocycles. The van der Waals surface area contributed by atoms with Crippen molar-refractivity contribution in [1.29, 1.82) is 0 Å². The van der Waals surface area contributed by atoms with Gasteiger partial charge in [0.15, 0.2) is 4.80 Å². The summed E-state index contributed by atoms with van der Waals surface area (Å²) in [4.78, 5) is 18.7. The van der Waals surface area contributed by atoms with E-state index in [1.807, 2.05) is 6.07 Å². The highest BCUT2D eigenvalue weighted by atomic mass is 35.5. The van der Waals surface area contributed by atoms with Gasteiger partial charge in [-0.15, -0.1) is 11.3 Å². The largest absolute Gasteiger partial charge is 0.391 e. The Morgan fingerprint density at radius 1 is 1.50 bits per heavy atom. The van der Waals surface area contributed by atoms with Crippen LogP contribution < -0.4 is 4.80 Å². The third-order valence-corrected chi connectivity index (χ3v) is 5.44. The fourth-order valence-corrected chi connectivity index (χ4v) is 4.08. The lowest BCUT2D eigenvalue weighted by atomic mass is 10.3. The molecule has 2 aromatic heterocycles. The molecule has 0 radical (unpaired) electrons. The highest BCUT2D eigenvalue weighted by Crippen LogP contribution is 2.25. The minimum absolute atomic E-state index is 0.0887. The molecular weight excluding hydrogens is 349 g/mol. The van der Waals surface area contributed by atoms with E-state index < -0.39 is 12.2 Å². The fraction of sp³-hybridized carbons (Fsp3) is 0.385. The standard InChI is InChI=1S/C13H13ClFN3O2S2/c14-10-1-2-11(22-10)18-6-9(7-19)21-13(18)16-12(20)17-4-3-8(15)5-17/h1-2,6,8,19H,3-5,7H2/t8-/m1/s1. The summed E-state index contributed by atoms with van der Waals surface area (Å²) >= 11 is 8.51. The Bertz CT molecular complexity index is 755. The molecule has 5 nitrogen and oxygen atoms in total. The van der Waals surface area contributed by atoms with Crippen molar-refractivity contribution in [3.05, 3.63) is 32.3 Å². The van der Waals surface area contributed by atoms with Gasteiger partial charge in [-0.1, -0.05) is 22.9 Å². The van der Waals surface area contributed by atoms with E-state index in [0.29, 0.717) is 27.0 Å². The zero-order chi connectivity index (χ0) is 15.7. The maximum Gasteiger partial charge on any atom is 0.346 e. The number of carbonyl (C=O) groups is 1. The number of nitrogens with zero attached hydrogens (tertiary/aromatic N) is 3. The molecule has 1 fully saturated rings. The summed E-state index contributed by atoms with van der Waals surface area (Å²) < 4.78 is 15.5. The zero-order valence-electron chi connectivity index (χ0n) is 11.4. The van der Waals surface area contributed by atoms with Gasteiger partial charge in [0.1, 0.15) is 11.2 Å². The number of urea groups is 1. The molecule has 3 rings (SSSR count). The third-order valence-electron chi connectivity index (χ3n) is 3.25. The molecule has 0 saturated carbocycles. The van der Waals surface area contributed by atoms with Crippen LogP contribution in [0.25, 0.3) is 5.00 Å². The SMILES string of the molecule is O=C(N=c1sc(CO)cn1-c1ccc(Cl)s1)N1CC[C@@H](F)C1. The monoisotopic (exact) mass is 361 g/mol. The minimum atomic E-state index is -0.973. The van der Waals surface area contributed by atoms with Crippen LogP contribution in [0.5, 0.6) is 0 Å². The number of amides is 2. The van der Waals surface area contributed by atoms with Crippen LogP contribution in [0.15, 0.2) is 23.3 Å². The van der Waals surface area contributed by atoms with E-state index in [0.717, 1.165) is 5.00 Å². The number of rotatable bonds is 2. The maximum absolute atomic E-state index is 13.2. The summed E-state index contributed by atoms with van der Waals surface area (Å²) in [6.07, 6.45) is 1.10. The summed E-state index contributed by atoms with van der Waals surface area (Å²) in [5.41, 5.74) is 0. The van der Waals surface area contributed by atoms with Crippen molar-refractivity contribution in [2.45, 2.75) is 19.2 Å². The number of likely N-dealkylation sites (tertiary alicyclic amines) is 1. The van der Waals surface area contributed by atoms with Crippen LogP contribution in [0.4, 0.5) is 9.18 Å². The van der Waals surface area contributed by atoms with Crippen molar-refractivity contribution in [2.75, 3.05) is 13.1 Å². The van der Waals surface area contributed by atoms with Crippen molar-refractivity contribution in [3.63, 3.8) is 0 Å². The normalized spacial score (nSPS) is 19.1. The van der Waals surface area contributed by atoms with Gasteiger partial charge < -0.3 is 10.0 Å². The molecule has 0 spiro atoms. The molecule has 1 aliphatic heterocycles. The molecule has 0 unspecified atom stereocenters. The molecule has 118 valence electrons. The average molecular weight is 362 g/mol. The second kappa shape index (κ2) is 6.49. The summed E-state index contributed by atoms with van der Waals surface area (Å²) in [7, 11) is 0. The number of thiazole rings is 1. The third kappa shape index (κ3) is 3.24. The Labute approximate surface area is 138 Å². The van der Waals surface area contributed by atoms with E-state index in [4.69, 9.17) is 11.6 Å². The minimum Gasteiger partial charge on any atom is -0.391 e. The summed E-state index contributed by atoms with van der Waals surface area (Å²) in [6, 6.07) is 3.12. The molecule has 9 heteroatoms. The van der Waals surface area contributed by atoms with E-state index in [-0.39, 0.29) is 13.2 Å². The number of halogens is 2. The molecule has 1 atom stereocenters. The van der Waals surface area contributed by atoms with Gasteiger partial charge in [0, 0.05) is 12.7 Å². The predicted octanol–water partition coefficient (Wildman–Crippen LogP) is 2.81. The van der Waals surface area contributed by atoms with Crippen molar-refractivity contribution in [2.24, 2.45) is 4.99 Å². The zero-order valence-corrected chi connectivity index (χ0v) is 13.8. The summed E-state index contributed by atoms with van der Waals surface area (Å²) in [5, 5.41) is 10.1. The smallest absolute Gasteiger partial charge is 0.346 e. The van der Waals surface area contributed by atoms with Crippen molar-refractivity contribution >= 4 is 40.3 Å². The average Bonchev–Trinajstić information content (AvgIpc) is 3.18. The van der Waals surface area contributed by atoms with Gasteiger partial charge >= 0.3 is 6.03 Å². The molecule has 0 aromatic carbocycles. The van der Waals surface area contributed by atoms with Gasteiger partial charge in [-0.2, -0.15) is 4.99 Å². The first-order valence-electron chi connectivity index (χ1n) is 6.62. The molecular formula is C13H13ClFN3O2S2. The van der Waals surface area contributed by atoms with Crippen molar-refractivity contribution in [3.8, 4) is 5.00 Å². The molecule has 2 amide bonds. The number of aliphatic hydroxyl groups excluding tert-OH is 1. The first-order valence-corrected chi connectivity index (χ1v) is 8.63. The first kappa shape index (κ1) is 15.7. The number of hydrogen-bond donors (Lipinski definition) is 1. The number of alkyl halides is 1. The number of hydrogen-bond acceptors (Lipinski definition) is 4. The van der Waals surface area contributed by atoms with Crippen LogP contribution in [0.3, 0.4) is 0 Å². The lowest BCUT2D eigenvalue weighted by molar-refractivity contribution is 0.213. The second-order valence-electron chi connectivity index (χ2n) is 4.81. The number of aromatic nitrogens is 1. The quantitative estimate of drug-likeness (QED) is 0.894. The molecule has 1 aliphatic rings. The van der Waals surface area contributed by atoms with Crippen LogP contribution in [0.2, 0.25) is 4.34 Å². The van der Waals surface area contributed by atoms with Crippen LogP contribution >= 0.6 is 34.3 Å². The van der Waals surface area contributed by atoms with E-state index in [1.165, 1.54) is 27.6 Å². The number of carbonyl (C=O) groups excluding carboxylic acids is 1. The Balaban J connectivity index is 1.97. The van der Waals surface area contributed by atoms with Gasteiger partial charge in [-0.3, -0.25) is 4.57 Å². The second-order valence-corrected chi connectivity index (χ2v) is 7.60. The predicted molar refractivity (Wildman–Crippen MR) is 84.5 cm³/mol. The molecule has 0 bridgehead atoms. The maximum atomic E-state index is 13.2. The van der Waals surface area contributed by atoms with Gasteiger partial charge in [0.05, 0.1) is 22.4 Å². The number of thiophene rings is 1. The molecule has 0 aliphatic carbocycles. The first-order chi connectivity index (χ1) is 10.6. The molecule has 2 aromatic rings. The summed E-state index contributed by atoms with van der Waals surface area (Å²) in [6.45, 7) is 0.335. The van der Waals surface area contributed by atoms with Gasteiger partial charge in [-0.25, -0.2) is 9.18 Å². The fourth-order valence-electron chi connectivity index (χ4n) is 2.18. The van der Waals surface area contributed by atoms with E-state index in [2.05, 4.69) is 4.99 Å². The Kier molecular flexibility index (Phi) is 4.62. The van der Waals surface area contributed by atoms with Crippen LogP contribution in [-0.4, -0.2) is 39.9 Å². The van der Waals surface area contributed by atoms with E-state index >= 15 is 0 Å².